The Kier molecular flexibility index (Phi) is 13.6. The van der Waals surface area contributed by atoms with E-state index in [1.165, 1.54) is 41.3 Å². The van der Waals surface area contributed by atoms with Crippen molar-refractivity contribution in [1.82, 2.24) is 36.2 Å². The number of nitrogens with zero attached hydrogens (tertiary/aromatic N) is 3. The summed E-state index contributed by atoms with van der Waals surface area (Å²) < 4.78 is 22.2. The van der Waals surface area contributed by atoms with Crippen LogP contribution in [0, 0.1) is 0 Å². The van der Waals surface area contributed by atoms with Gasteiger partial charge in [-0.15, -0.1) is 0 Å². The highest BCUT2D eigenvalue weighted by atomic mass is 16.5. The third-order valence-electron chi connectivity index (χ3n) is 10.8. The maximum Gasteiger partial charge on any atom is 0.273 e. The maximum atomic E-state index is 13.2. The molecule has 1 aromatic heterocycles. The second-order valence-corrected chi connectivity index (χ2v) is 15.3. The van der Waals surface area contributed by atoms with Crippen LogP contribution in [0.25, 0.3) is 11.3 Å². The van der Waals surface area contributed by atoms with Gasteiger partial charge < -0.3 is 44.7 Å². The fourth-order valence-electron chi connectivity index (χ4n) is 7.52. The van der Waals surface area contributed by atoms with Crippen LogP contribution in [0.5, 0.6) is 17.2 Å². The molecule has 2 atom stereocenters. The van der Waals surface area contributed by atoms with Gasteiger partial charge in [0.15, 0.2) is 24.7 Å². The minimum Gasteiger partial charge on any atom is -0.507 e. The summed E-state index contributed by atoms with van der Waals surface area (Å²) in [6.45, 7) is 0.222. The lowest BCUT2D eigenvalue weighted by atomic mass is 10.0. The van der Waals surface area contributed by atoms with E-state index in [2.05, 4.69) is 26.4 Å². The second-order valence-electron chi connectivity index (χ2n) is 15.3. The van der Waals surface area contributed by atoms with Crippen LogP contribution in [0.3, 0.4) is 0 Å². The Balaban J connectivity index is 0.775. The average Bonchev–Trinajstić information content (AvgIpc) is 4.00. The molecule has 4 aromatic rings. The molecule has 334 valence electrons. The highest BCUT2D eigenvalue weighted by Crippen LogP contribution is 2.36. The standard InChI is InChI=1S/C44H45N7O13/c1-50(2)42(58)28-11-9-25(18-33(28)52)35-20-31(49-64-35)40(56)47-21-26-7-6-24-8-10-27(19-30(24)26)62-22-37(54)45-14-16-61-17-15-46-38(55)23-63-34-5-3-4-29-39(34)44(60)51(43(29)59)32-12-13-36(53)48-41(32)57/h3-5,8-11,18-20,26,32,52H,6-7,12-17,21-23H2,1-2H3,(H,45,54)(H,46,55)(H,47,56)(H,48,53,57). The maximum absolute atomic E-state index is 13.2. The molecule has 3 heterocycles. The number of fused-ring (bicyclic) bond motifs is 2. The number of carbonyl (C=O) groups is 8. The van der Waals surface area contributed by atoms with Crippen molar-refractivity contribution in [3.05, 3.63) is 94.2 Å². The first-order chi connectivity index (χ1) is 30.8. The number of carbonyl (C=O) groups excluding carboxylic acids is 8. The molecular weight excluding hydrogens is 835 g/mol. The molecule has 2 unspecified atom stereocenters. The highest BCUT2D eigenvalue weighted by molar-refractivity contribution is 6.24. The zero-order valence-corrected chi connectivity index (χ0v) is 34.9. The quantitative estimate of drug-likeness (QED) is 0.0698. The molecule has 0 saturated carbocycles. The minimum atomic E-state index is -1.13. The molecule has 0 bridgehead atoms. The zero-order valence-electron chi connectivity index (χ0n) is 34.9. The Morgan fingerprint density at radius 1 is 0.875 bits per heavy atom. The zero-order chi connectivity index (χ0) is 45.5. The summed E-state index contributed by atoms with van der Waals surface area (Å²) in [6, 6.07) is 14.7. The number of ether oxygens (including phenoxy) is 3. The first kappa shape index (κ1) is 44.4. The summed E-state index contributed by atoms with van der Waals surface area (Å²) in [6.07, 6.45) is 1.61. The van der Waals surface area contributed by atoms with Crippen molar-refractivity contribution in [1.29, 1.82) is 0 Å². The SMILES string of the molecule is CN(C)C(=O)c1ccc(-c2cc(C(=O)NCC3CCc4ccc(OCC(=O)NCCOCCNC(=O)COc5cccc6c5C(=O)N(C5CCC(=O)NC5=O)C6=O)cc43)no2)cc1O. The molecular formula is C44H45N7O13. The largest absolute Gasteiger partial charge is 0.507 e. The first-order valence-corrected chi connectivity index (χ1v) is 20.4. The van der Waals surface area contributed by atoms with Crippen LogP contribution < -0.4 is 30.7 Å². The summed E-state index contributed by atoms with van der Waals surface area (Å²) >= 11 is 0. The molecule has 3 aliphatic rings. The summed E-state index contributed by atoms with van der Waals surface area (Å²) in [5.74, 6) is -3.81. The Morgan fingerprint density at radius 3 is 2.34 bits per heavy atom. The van der Waals surface area contributed by atoms with E-state index < -0.39 is 48.1 Å². The van der Waals surface area contributed by atoms with E-state index in [-0.39, 0.29) is 103 Å². The van der Waals surface area contributed by atoms with Crippen molar-refractivity contribution in [2.24, 2.45) is 0 Å². The average molecular weight is 880 g/mol. The van der Waals surface area contributed by atoms with Gasteiger partial charge in [0.05, 0.1) is 29.9 Å². The predicted molar refractivity (Wildman–Crippen MR) is 222 cm³/mol. The van der Waals surface area contributed by atoms with Gasteiger partial charge in [0, 0.05) is 57.7 Å². The Bertz CT molecular complexity index is 2520. The molecule has 2 aliphatic heterocycles. The van der Waals surface area contributed by atoms with Crippen molar-refractivity contribution >= 4 is 47.3 Å². The summed E-state index contributed by atoms with van der Waals surface area (Å²) in [4.78, 5) is 102. The smallest absolute Gasteiger partial charge is 0.273 e. The second kappa shape index (κ2) is 19.6. The summed E-state index contributed by atoms with van der Waals surface area (Å²) in [7, 11) is 3.16. The van der Waals surface area contributed by atoms with Gasteiger partial charge in [0.2, 0.25) is 11.8 Å². The molecule has 3 aromatic carbocycles. The molecule has 0 radical (unpaired) electrons. The molecule has 20 heteroatoms. The Morgan fingerprint density at radius 2 is 1.62 bits per heavy atom. The van der Waals surface area contributed by atoms with Crippen LogP contribution in [-0.4, -0.2) is 134 Å². The van der Waals surface area contributed by atoms with Gasteiger partial charge >= 0.3 is 0 Å². The van der Waals surface area contributed by atoms with Gasteiger partial charge in [-0.25, -0.2) is 0 Å². The lowest BCUT2D eigenvalue weighted by molar-refractivity contribution is -0.136. The van der Waals surface area contributed by atoms with Crippen LogP contribution in [0.2, 0.25) is 0 Å². The number of aryl methyl sites for hydroxylation is 1. The topological polar surface area (TPSA) is 265 Å². The Labute approximate surface area is 365 Å². The van der Waals surface area contributed by atoms with Crippen LogP contribution in [-0.2, 0) is 30.3 Å². The number of aromatic nitrogens is 1. The van der Waals surface area contributed by atoms with E-state index in [1.54, 1.807) is 26.2 Å². The van der Waals surface area contributed by atoms with E-state index in [9.17, 15) is 43.5 Å². The molecule has 5 N–H and O–H groups in total. The highest BCUT2D eigenvalue weighted by Gasteiger charge is 2.46. The van der Waals surface area contributed by atoms with Crippen LogP contribution in [0.15, 0.2) is 65.2 Å². The number of aromatic hydroxyl groups is 1. The predicted octanol–water partition coefficient (Wildman–Crippen LogP) is 1.32. The monoisotopic (exact) mass is 879 g/mol. The van der Waals surface area contributed by atoms with E-state index in [0.717, 1.165) is 28.9 Å². The first-order valence-electron chi connectivity index (χ1n) is 20.4. The Hall–Kier alpha value is -7.61. The summed E-state index contributed by atoms with van der Waals surface area (Å²) in [5, 5.41) is 24.6. The van der Waals surface area contributed by atoms with Gasteiger partial charge in [0.1, 0.15) is 23.3 Å². The number of imide groups is 2. The van der Waals surface area contributed by atoms with Gasteiger partial charge in [-0.1, -0.05) is 23.4 Å². The summed E-state index contributed by atoms with van der Waals surface area (Å²) in [5.41, 5.74) is 2.72. The van der Waals surface area contributed by atoms with Gasteiger partial charge in [-0.2, -0.15) is 0 Å². The van der Waals surface area contributed by atoms with E-state index in [4.69, 9.17) is 18.7 Å². The molecule has 0 spiro atoms. The number of piperidine rings is 1. The van der Waals surface area contributed by atoms with Crippen molar-refractivity contribution in [2.75, 3.05) is 60.2 Å². The van der Waals surface area contributed by atoms with Crippen molar-refractivity contribution in [3.8, 4) is 28.6 Å². The van der Waals surface area contributed by atoms with Gasteiger partial charge in [-0.3, -0.25) is 48.6 Å². The molecule has 1 fully saturated rings. The molecule has 1 saturated heterocycles. The lowest BCUT2D eigenvalue weighted by Gasteiger charge is -2.27. The van der Waals surface area contributed by atoms with Crippen molar-refractivity contribution in [2.45, 2.75) is 37.6 Å². The third kappa shape index (κ3) is 10.0. The fraction of sp³-hybridized carbons (Fsp3) is 0.341. The minimum absolute atomic E-state index is 0.00186. The van der Waals surface area contributed by atoms with E-state index in [1.807, 2.05) is 12.1 Å². The molecule has 8 amide bonds. The number of phenols is 1. The van der Waals surface area contributed by atoms with Crippen LogP contribution in [0.4, 0.5) is 0 Å². The van der Waals surface area contributed by atoms with E-state index in [0.29, 0.717) is 17.9 Å². The molecule has 64 heavy (non-hydrogen) atoms. The fourth-order valence-corrected chi connectivity index (χ4v) is 7.52. The van der Waals surface area contributed by atoms with Crippen LogP contribution >= 0.6 is 0 Å². The van der Waals surface area contributed by atoms with Crippen molar-refractivity contribution in [3.63, 3.8) is 0 Å². The molecule has 1 aliphatic carbocycles. The van der Waals surface area contributed by atoms with Gasteiger partial charge in [-0.05, 0) is 66.8 Å². The van der Waals surface area contributed by atoms with E-state index >= 15 is 0 Å². The number of benzene rings is 3. The number of amides is 8. The molecule has 7 rings (SSSR count). The number of hydrogen-bond donors (Lipinski definition) is 5. The number of phenolic OH excluding ortho intramolecular Hbond substituents is 1. The van der Waals surface area contributed by atoms with Crippen LogP contribution in [0.1, 0.15) is 77.9 Å². The number of nitrogens with one attached hydrogen (secondary N) is 4. The molecule has 20 nitrogen and oxygen atoms in total. The number of hydrogen-bond acceptors (Lipinski definition) is 14. The third-order valence-corrected chi connectivity index (χ3v) is 10.8. The number of rotatable bonds is 18. The van der Waals surface area contributed by atoms with Crippen molar-refractivity contribution < 1.29 is 62.2 Å². The lowest BCUT2D eigenvalue weighted by Crippen LogP contribution is -2.54. The van der Waals surface area contributed by atoms with Gasteiger partial charge in [0.25, 0.3) is 35.4 Å². The normalized spacial score (nSPS) is 16.4.